The van der Waals surface area contributed by atoms with E-state index in [0.29, 0.717) is 22.2 Å². The fourth-order valence-corrected chi connectivity index (χ4v) is 2.19. The van der Waals surface area contributed by atoms with Gasteiger partial charge in [-0.15, -0.1) is 0 Å². The second-order valence-corrected chi connectivity index (χ2v) is 5.69. The molecular weight excluding hydrogens is 349 g/mol. The lowest BCUT2D eigenvalue weighted by Crippen LogP contribution is -2.23. The Kier molecular flexibility index (Phi) is 4.86. The standard InChI is InChI=1S/C14H10BrCl2NO/c15-10-3-1-9(2-4-10)8-18-14(19)12-7-11(16)5-6-13(12)17/h1-7H,8H2,(H,18,19). The molecule has 0 aliphatic rings. The molecule has 0 atom stereocenters. The van der Waals surface area contributed by atoms with Crippen LogP contribution in [0, 0.1) is 0 Å². The van der Waals surface area contributed by atoms with Gasteiger partial charge < -0.3 is 5.32 Å². The van der Waals surface area contributed by atoms with Gasteiger partial charge in [-0.05, 0) is 35.9 Å². The number of hydrogen-bond donors (Lipinski definition) is 1. The first kappa shape index (κ1) is 14.4. The third kappa shape index (κ3) is 3.96. The van der Waals surface area contributed by atoms with Gasteiger partial charge in [0.2, 0.25) is 0 Å². The molecule has 0 unspecified atom stereocenters. The number of carbonyl (C=O) groups is 1. The first-order chi connectivity index (χ1) is 9.06. The summed E-state index contributed by atoms with van der Waals surface area (Å²) in [6.07, 6.45) is 0. The molecule has 0 spiro atoms. The van der Waals surface area contributed by atoms with Gasteiger partial charge in [-0.2, -0.15) is 0 Å². The maximum absolute atomic E-state index is 12.0. The van der Waals surface area contributed by atoms with Crippen LogP contribution in [0.4, 0.5) is 0 Å². The number of nitrogens with one attached hydrogen (secondary N) is 1. The monoisotopic (exact) mass is 357 g/mol. The number of amides is 1. The summed E-state index contributed by atoms with van der Waals surface area (Å²) in [6, 6.07) is 12.5. The number of halogens is 3. The third-order valence-corrected chi connectivity index (χ3v) is 3.63. The van der Waals surface area contributed by atoms with Crippen LogP contribution in [0.5, 0.6) is 0 Å². The second kappa shape index (κ2) is 6.42. The number of rotatable bonds is 3. The molecule has 2 aromatic rings. The average molecular weight is 359 g/mol. The first-order valence-electron chi connectivity index (χ1n) is 5.54. The van der Waals surface area contributed by atoms with E-state index in [4.69, 9.17) is 23.2 Å². The molecule has 0 bridgehead atoms. The van der Waals surface area contributed by atoms with Crippen molar-refractivity contribution in [3.05, 3.63) is 68.1 Å². The van der Waals surface area contributed by atoms with Crippen LogP contribution in [0.15, 0.2) is 46.9 Å². The molecule has 19 heavy (non-hydrogen) atoms. The molecule has 98 valence electrons. The zero-order valence-electron chi connectivity index (χ0n) is 9.79. The number of benzene rings is 2. The Morgan fingerprint density at radius 1 is 1.11 bits per heavy atom. The minimum atomic E-state index is -0.240. The quantitative estimate of drug-likeness (QED) is 0.847. The summed E-state index contributed by atoms with van der Waals surface area (Å²) in [6.45, 7) is 0.439. The molecule has 0 aliphatic carbocycles. The van der Waals surface area contributed by atoms with E-state index in [2.05, 4.69) is 21.2 Å². The van der Waals surface area contributed by atoms with Gasteiger partial charge in [0.1, 0.15) is 0 Å². The van der Waals surface area contributed by atoms with Crippen LogP contribution in [0.3, 0.4) is 0 Å². The van der Waals surface area contributed by atoms with Crippen molar-refractivity contribution in [2.24, 2.45) is 0 Å². The highest BCUT2D eigenvalue weighted by molar-refractivity contribution is 9.10. The zero-order chi connectivity index (χ0) is 13.8. The molecule has 2 nitrogen and oxygen atoms in total. The maximum atomic E-state index is 12.0. The van der Waals surface area contributed by atoms with Gasteiger partial charge in [0, 0.05) is 16.0 Å². The summed E-state index contributed by atoms with van der Waals surface area (Å²) < 4.78 is 1.00. The van der Waals surface area contributed by atoms with E-state index in [1.165, 1.54) is 0 Å². The highest BCUT2D eigenvalue weighted by Gasteiger charge is 2.10. The van der Waals surface area contributed by atoms with Crippen molar-refractivity contribution in [2.45, 2.75) is 6.54 Å². The van der Waals surface area contributed by atoms with E-state index in [1.807, 2.05) is 24.3 Å². The van der Waals surface area contributed by atoms with Crippen molar-refractivity contribution in [3.63, 3.8) is 0 Å². The van der Waals surface area contributed by atoms with Crippen molar-refractivity contribution in [1.82, 2.24) is 5.32 Å². The van der Waals surface area contributed by atoms with Gasteiger partial charge in [0.15, 0.2) is 0 Å². The van der Waals surface area contributed by atoms with Gasteiger partial charge in [0.25, 0.3) is 5.91 Å². The van der Waals surface area contributed by atoms with Crippen molar-refractivity contribution in [1.29, 1.82) is 0 Å². The Hall–Kier alpha value is -1.03. The molecule has 0 aromatic heterocycles. The Morgan fingerprint density at radius 2 is 1.79 bits per heavy atom. The molecule has 2 aromatic carbocycles. The molecule has 5 heteroatoms. The van der Waals surface area contributed by atoms with Crippen molar-refractivity contribution >= 4 is 45.0 Å². The summed E-state index contributed by atoms with van der Waals surface area (Å²) in [7, 11) is 0. The highest BCUT2D eigenvalue weighted by atomic mass is 79.9. The minimum absolute atomic E-state index is 0.240. The van der Waals surface area contributed by atoms with Gasteiger partial charge in [-0.3, -0.25) is 4.79 Å². The Balaban J connectivity index is 2.05. The van der Waals surface area contributed by atoms with E-state index >= 15 is 0 Å². The maximum Gasteiger partial charge on any atom is 0.253 e. The summed E-state index contributed by atoms with van der Waals surface area (Å²) in [4.78, 5) is 12.0. The summed E-state index contributed by atoms with van der Waals surface area (Å²) in [5.74, 6) is -0.240. The molecule has 1 N–H and O–H groups in total. The van der Waals surface area contributed by atoms with Crippen LogP contribution in [0.25, 0.3) is 0 Å². The lowest BCUT2D eigenvalue weighted by Gasteiger charge is -2.07. The van der Waals surface area contributed by atoms with Gasteiger partial charge in [-0.1, -0.05) is 51.3 Å². The van der Waals surface area contributed by atoms with Crippen LogP contribution < -0.4 is 5.32 Å². The Morgan fingerprint density at radius 3 is 2.47 bits per heavy atom. The van der Waals surface area contributed by atoms with Crippen LogP contribution in [0.1, 0.15) is 15.9 Å². The Labute approximate surface area is 129 Å². The second-order valence-electron chi connectivity index (χ2n) is 3.93. The van der Waals surface area contributed by atoms with Gasteiger partial charge in [0.05, 0.1) is 10.6 Å². The minimum Gasteiger partial charge on any atom is -0.348 e. The van der Waals surface area contributed by atoms with E-state index in [0.717, 1.165) is 10.0 Å². The van der Waals surface area contributed by atoms with Gasteiger partial charge >= 0.3 is 0 Å². The fraction of sp³-hybridized carbons (Fsp3) is 0.0714. The van der Waals surface area contributed by atoms with Gasteiger partial charge in [-0.25, -0.2) is 0 Å². The predicted molar refractivity (Wildman–Crippen MR) is 81.8 cm³/mol. The zero-order valence-corrected chi connectivity index (χ0v) is 12.9. The predicted octanol–water partition coefficient (Wildman–Crippen LogP) is 4.69. The van der Waals surface area contributed by atoms with Crippen LogP contribution in [-0.4, -0.2) is 5.91 Å². The molecule has 0 heterocycles. The fourth-order valence-electron chi connectivity index (χ4n) is 1.55. The number of carbonyl (C=O) groups excluding carboxylic acids is 1. The summed E-state index contributed by atoms with van der Waals surface area (Å²) >= 11 is 15.2. The van der Waals surface area contributed by atoms with E-state index in [9.17, 15) is 4.79 Å². The van der Waals surface area contributed by atoms with E-state index < -0.39 is 0 Å². The van der Waals surface area contributed by atoms with E-state index in [-0.39, 0.29) is 5.91 Å². The first-order valence-corrected chi connectivity index (χ1v) is 7.09. The molecule has 0 fully saturated rings. The molecule has 0 radical (unpaired) electrons. The lowest BCUT2D eigenvalue weighted by atomic mass is 10.2. The average Bonchev–Trinajstić information content (AvgIpc) is 2.40. The molecular formula is C14H10BrCl2NO. The lowest BCUT2D eigenvalue weighted by molar-refractivity contribution is 0.0951. The SMILES string of the molecule is O=C(NCc1ccc(Br)cc1)c1cc(Cl)ccc1Cl. The topological polar surface area (TPSA) is 29.1 Å². The molecule has 0 aliphatic heterocycles. The summed E-state index contributed by atoms with van der Waals surface area (Å²) in [5, 5.41) is 3.68. The van der Waals surface area contributed by atoms with E-state index in [1.54, 1.807) is 18.2 Å². The van der Waals surface area contributed by atoms with Crippen molar-refractivity contribution in [3.8, 4) is 0 Å². The molecule has 2 rings (SSSR count). The third-order valence-electron chi connectivity index (χ3n) is 2.54. The normalized spacial score (nSPS) is 10.3. The van der Waals surface area contributed by atoms with Crippen LogP contribution in [-0.2, 0) is 6.54 Å². The molecule has 0 saturated carbocycles. The van der Waals surface area contributed by atoms with Crippen LogP contribution in [0.2, 0.25) is 10.0 Å². The largest absolute Gasteiger partial charge is 0.348 e. The van der Waals surface area contributed by atoms with Crippen molar-refractivity contribution in [2.75, 3.05) is 0 Å². The summed E-state index contributed by atoms with van der Waals surface area (Å²) in [5.41, 5.74) is 1.39. The van der Waals surface area contributed by atoms with Crippen molar-refractivity contribution < 1.29 is 4.79 Å². The molecule has 1 amide bonds. The van der Waals surface area contributed by atoms with Crippen LogP contribution >= 0.6 is 39.1 Å². The smallest absolute Gasteiger partial charge is 0.253 e. The molecule has 0 saturated heterocycles. The number of hydrogen-bond acceptors (Lipinski definition) is 1. The highest BCUT2D eigenvalue weighted by Crippen LogP contribution is 2.20. The Bertz CT molecular complexity index is 599.